The van der Waals surface area contributed by atoms with Crippen molar-refractivity contribution in [2.45, 2.75) is 95.7 Å². The molecule has 1 atom stereocenters. The minimum atomic E-state index is -0.208. The molecule has 2 aliphatic rings. The van der Waals surface area contributed by atoms with Crippen LogP contribution in [0.25, 0.3) is 4.85 Å². The Bertz CT molecular complexity index is 385. The molecule has 2 fully saturated rings. The van der Waals surface area contributed by atoms with E-state index in [4.69, 9.17) is 6.57 Å². The summed E-state index contributed by atoms with van der Waals surface area (Å²) in [6.07, 6.45) is 16.1. The van der Waals surface area contributed by atoms with Crippen LogP contribution < -0.4 is 5.32 Å². The summed E-state index contributed by atoms with van der Waals surface area (Å²) in [6, 6.07) is 0.479. The maximum Gasteiger partial charge on any atom is 0.300 e. The van der Waals surface area contributed by atoms with Gasteiger partial charge in [-0.1, -0.05) is 57.8 Å². The molecule has 0 aromatic heterocycles. The van der Waals surface area contributed by atoms with Gasteiger partial charge in [-0.15, -0.1) is 12.4 Å². The third-order valence-electron chi connectivity index (χ3n) is 5.34. The second-order valence-corrected chi connectivity index (χ2v) is 7.18. The van der Waals surface area contributed by atoms with Crippen LogP contribution in [-0.2, 0) is 4.79 Å². The number of amides is 1. The molecule has 1 aliphatic heterocycles. The minimum absolute atomic E-state index is 0. The lowest BCUT2D eigenvalue weighted by Gasteiger charge is -2.22. The van der Waals surface area contributed by atoms with Gasteiger partial charge in [0.25, 0.3) is 0 Å². The fourth-order valence-corrected chi connectivity index (χ4v) is 3.87. The fraction of sp³-hybridized carbons (Fsp3) is 0.895. The quantitative estimate of drug-likeness (QED) is 0.754. The third-order valence-corrected chi connectivity index (χ3v) is 5.34. The van der Waals surface area contributed by atoms with E-state index in [9.17, 15) is 4.79 Å². The molecule has 1 heterocycles. The normalized spacial score (nSPS) is 24.3. The van der Waals surface area contributed by atoms with E-state index in [1.165, 1.54) is 70.6 Å². The van der Waals surface area contributed by atoms with Gasteiger partial charge in [-0.3, -0.25) is 14.5 Å². The average molecular weight is 356 g/mol. The Hall–Kier alpha value is -0.790. The first-order chi connectivity index (χ1) is 11.3. The number of rotatable bonds is 3. The van der Waals surface area contributed by atoms with Crippen molar-refractivity contribution in [2.24, 2.45) is 0 Å². The maximum absolute atomic E-state index is 12.4. The standard InChI is InChI=1S/C19H33N3O.ClH/c1-20-18-14-11-15-22(18)19(23)16-21-17-12-9-7-5-3-2-4-6-8-10-13-17;/h17-18,21H,2-16H2;1H/t18-;/m0./s1. The number of hydrogen-bond donors (Lipinski definition) is 1. The van der Waals surface area contributed by atoms with Crippen LogP contribution >= 0.6 is 12.4 Å². The third kappa shape index (κ3) is 7.40. The fourth-order valence-electron chi connectivity index (χ4n) is 3.87. The lowest BCUT2D eigenvalue weighted by atomic mass is 9.98. The predicted molar refractivity (Wildman–Crippen MR) is 101 cm³/mol. The molecular weight excluding hydrogens is 322 g/mol. The van der Waals surface area contributed by atoms with Crippen molar-refractivity contribution < 1.29 is 4.79 Å². The van der Waals surface area contributed by atoms with Crippen LogP contribution in [0.4, 0.5) is 0 Å². The van der Waals surface area contributed by atoms with E-state index in [2.05, 4.69) is 10.2 Å². The van der Waals surface area contributed by atoms with Crippen LogP contribution in [0.3, 0.4) is 0 Å². The summed E-state index contributed by atoms with van der Waals surface area (Å²) in [4.78, 5) is 17.7. The number of carbonyl (C=O) groups excluding carboxylic acids is 1. The van der Waals surface area contributed by atoms with Crippen LogP contribution in [0.1, 0.15) is 83.5 Å². The topological polar surface area (TPSA) is 36.7 Å². The van der Waals surface area contributed by atoms with Crippen LogP contribution in [-0.4, -0.2) is 36.1 Å². The number of hydrogen-bond acceptors (Lipinski definition) is 2. The molecule has 2 rings (SSSR count). The van der Waals surface area contributed by atoms with E-state index < -0.39 is 0 Å². The van der Waals surface area contributed by atoms with E-state index in [0.29, 0.717) is 12.6 Å². The van der Waals surface area contributed by atoms with Crippen molar-refractivity contribution in [1.82, 2.24) is 10.2 Å². The second-order valence-electron chi connectivity index (χ2n) is 7.18. The number of halogens is 1. The summed E-state index contributed by atoms with van der Waals surface area (Å²) < 4.78 is 0. The van der Waals surface area contributed by atoms with Gasteiger partial charge < -0.3 is 5.32 Å². The van der Waals surface area contributed by atoms with Gasteiger partial charge in [0.2, 0.25) is 5.91 Å². The molecule has 0 unspecified atom stereocenters. The number of likely N-dealkylation sites (tertiary alicyclic amines) is 1. The van der Waals surface area contributed by atoms with Gasteiger partial charge >= 0.3 is 6.17 Å². The van der Waals surface area contributed by atoms with E-state index in [0.717, 1.165) is 19.4 Å². The molecule has 1 aliphatic carbocycles. The van der Waals surface area contributed by atoms with Crippen molar-refractivity contribution in [3.05, 3.63) is 11.4 Å². The zero-order valence-electron chi connectivity index (χ0n) is 15.0. The van der Waals surface area contributed by atoms with Crippen molar-refractivity contribution in [1.29, 1.82) is 0 Å². The van der Waals surface area contributed by atoms with Gasteiger partial charge in [0.15, 0.2) is 0 Å². The zero-order chi connectivity index (χ0) is 16.3. The number of nitrogens with zero attached hydrogens (tertiary/aromatic N) is 2. The largest absolute Gasteiger partial charge is 0.306 e. The van der Waals surface area contributed by atoms with Gasteiger partial charge in [0, 0.05) is 19.0 Å². The monoisotopic (exact) mass is 355 g/mol. The Labute approximate surface area is 154 Å². The van der Waals surface area contributed by atoms with Crippen molar-refractivity contribution in [3.8, 4) is 0 Å². The molecule has 0 radical (unpaired) electrons. The molecule has 5 heteroatoms. The molecule has 24 heavy (non-hydrogen) atoms. The molecule has 0 bridgehead atoms. The first kappa shape index (κ1) is 21.3. The minimum Gasteiger partial charge on any atom is -0.306 e. The van der Waals surface area contributed by atoms with Gasteiger partial charge in [0.1, 0.15) is 0 Å². The molecule has 0 spiro atoms. The SMILES string of the molecule is Cl.[C-]#[N+][C@@H]1CCCN1C(=O)CNC1CCCCCCCCCCC1. The first-order valence-electron chi connectivity index (χ1n) is 9.70. The van der Waals surface area contributed by atoms with Crippen LogP contribution in [0.5, 0.6) is 0 Å². The van der Waals surface area contributed by atoms with E-state index in [-0.39, 0.29) is 24.5 Å². The molecule has 1 N–H and O–H groups in total. The first-order valence-corrected chi connectivity index (χ1v) is 9.70. The maximum atomic E-state index is 12.4. The van der Waals surface area contributed by atoms with Gasteiger partial charge in [-0.05, 0) is 19.3 Å². The molecule has 1 saturated heterocycles. The Kier molecular flexibility index (Phi) is 11.1. The zero-order valence-corrected chi connectivity index (χ0v) is 15.8. The summed E-state index contributed by atoms with van der Waals surface area (Å²) in [5.74, 6) is 0.120. The summed E-state index contributed by atoms with van der Waals surface area (Å²) >= 11 is 0. The predicted octanol–water partition coefficient (Wildman–Crippen LogP) is 4.54. The lowest BCUT2D eigenvalue weighted by Crippen LogP contribution is -2.43. The van der Waals surface area contributed by atoms with Crippen molar-refractivity contribution >= 4 is 18.3 Å². The molecule has 0 aromatic carbocycles. The van der Waals surface area contributed by atoms with Crippen LogP contribution in [0.15, 0.2) is 0 Å². The molecule has 1 saturated carbocycles. The second kappa shape index (κ2) is 12.6. The highest BCUT2D eigenvalue weighted by Gasteiger charge is 2.32. The highest BCUT2D eigenvalue weighted by atomic mass is 35.5. The Morgan fingerprint density at radius 3 is 2.00 bits per heavy atom. The Morgan fingerprint density at radius 1 is 0.917 bits per heavy atom. The van der Waals surface area contributed by atoms with Crippen molar-refractivity contribution in [3.63, 3.8) is 0 Å². The Morgan fingerprint density at radius 2 is 1.46 bits per heavy atom. The summed E-state index contributed by atoms with van der Waals surface area (Å²) in [6.45, 7) is 8.37. The number of nitrogens with one attached hydrogen (secondary N) is 1. The van der Waals surface area contributed by atoms with E-state index in [1.807, 2.05) is 0 Å². The summed E-state index contributed by atoms with van der Waals surface area (Å²) in [7, 11) is 0. The molecule has 138 valence electrons. The average Bonchev–Trinajstić information content (AvgIpc) is 3.03. The molecular formula is C19H34ClN3O. The Balaban J connectivity index is 0.00000288. The van der Waals surface area contributed by atoms with Crippen LogP contribution in [0, 0.1) is 6.57 Å². The van der Waals surface area contributed by atoms with E-state index in [1.54, 1.807) is 4.90 Å². The summed E-state index contributed by atoms with van der Waals surface area (Å²) in [5, 5.41) is 3.50. The lowest BCUT2D eigenvalue weighted by molar-refractivity contribution is -0.130. The molecule has 4 nitrogen and oxygen atoms in total. The summed E-state index contributed by atoms with van der Waals surface area (Å²) in [5.41, 5.74) is 0. The number of carbonyl (C=O) groups is 1. The van der Waals surface area contributed by atoms with Crippen molar-refractivity contribution in [2.75, 3.05) is 13.1 Å². The van der Waals surface area contributed by atoms with Gasteiger partial charge in [0.05, 0.1) is 6.54 Å². The van der Waals surface area contributed by atoms with Gasteiger partial charge in [-0.25, -0.2) is 6.57 Å². The van der Waals surface area contributed by atoms with Crippen LogP contribution in [0.2, 0.25) is 0 Å². The highest BCUT2D eigenvalue weighted by Crippen LogP contribution is 2.19. The molecule has 1 amide bonds. The highest BCUT2D eigenvalue weighted by molar-refractivity contribution is 5.85. The smallest absolute Gasteiger partial charge is 0.300 e. The van der Waals surface area contributed by atoms with Gasteiger partial charge in [-0.2, -0.15) is 0 Å². The van der Waals surface area contributed by atoms with E-state index >= 15 is 0 Å². The molecule has 0 aromatic rings.